The van der Waals surface area contributed by atoms with E-state index in [1.54, 1.807) is 30.3 Å². The van der Waals surface area contributed by atoms with Crippen LogP contribution >= 0.6 is 0 Å². The fourth-order valence-electron chi connectivity index (χ4n) is 2.28. The molecule has 1 heterocycles. The molecule has 2 rings (SSSR count). The summed E-state index contributed by atoms with van der Waals surface area (Å²) in [6, 6.07) is 11.6. The van der Waals surface area contributed by atoms with E-state index in [1.807, 2.05) is 6.07 Å². The Morgan fingerprint density at radius 2 is 1.96 bits per heavy atom. The zero-order chi connectivity index (χ0) is 20.0. The number of amides is 1. The lowest BCUT2D eigenvalue weighted by Crippen LogP contribution is -2.35. The molecule has 2 aromatic rings. The fourth-order valence-corrected chi connectivity index (χ4v) is 3.08. The van der Waals surface area contributed by atoms with Crippen LogP contribution in [0.4, 0.5) is 5.69 Å². The second-order valence-electron chi connectivity index (χ2n) is 5.43. The Hall–Kier alpha value is -3.16. The highest BCUT2D eigenvalue weighted by Gasteiger charge is 2.22. The Bertz CT molecular complexity index is 976. The number of hydrogen-bond donors (Lipinski definition) is 1. The number of carbonyl (C=O) groups excluding carboxylic acids is 2. The number of aryl methyl sites for hydroxylation is 1. The number of sulfonamides is 1. The first-order valence-corrected chi connectivity index (χ1v) is 9.28. The van der Waals surface area contributed by atoms with Crippen molar-refractivity contribution >= 4 is 27.6 Å². The number of aromatic nitrogens is 1. The molecule has 0 saturated heterocycles. The summed E-state index contributed by atoms with van der Waals surface area (Å²) < 4.78 is 32.1. The number of rotatable bonds is 7. The molecule has 0 fully saturated rings. The summed E-state index contributed by atoms with van der Waals surface area (Å²) >= 11 is 0. The first-order chi connectivity index (χ1) is 12.8. The maximum Gasteiger partial charge on any atom is 0.355 e. The van der Waals surface area contributed by atoms with Crippen molar-refractivity contribution < 1.29 is 22.7 Å². The summed E-state index contributed by atoms with van der Waals surface area (Å²) in [4.78, 5) is 25.7. The average Bonchev–Trinajstić information content (AvgIpc) is 3.07. The Kier molecular flexibility index (Phi) is 6.33. The number of ether oxygens (including phenoxy) is 1. The monoisotopic (exact) mass is 390 g/mol. The molecule has 0 bridgehead atoms. The second-order valence-corrected chi connectivity index (χ2v) is 7.32. The summed E-state index contributed by atoms with van der Waals surface area (Å²) in [5.41, 5.74) is 0.476. The number of benzene rings is 1. The van der Waals surface area contributed by atoms with Crippen LogP contribution in [-0.2, 0) is 26.6 Å². The molecule has 1 aromatic carbocycles. The van der Waals surface area contributed by atoms with Gasteiger partial charge < -0.3 is 9.30 Å². The molecule has 0 saturated carbocycles. The molecule has 0 aliphatic rings. The Morgan fingerprint density at radius 1 is 1.30 bits per heavy atom. The van der Waals surface area contributed by atoms with Gasteiger partial charge in [0.15, 0.2) is 6.61 Å². The van der Waals surface area contributed by atoms with E-state index in [9.17, 15) is 18.0 Å². The zero-order valence-electron chi connectivity index (χ0n) is 14.7. The number of anilines is 1. The minimum absolute atomic E-state index is 0.0248. The third kappa shape index (κ3) is 4.72. The first-order valence-electron chi connectivity index (χ1n) is 7.79. The molecule has 0 atom stereocenters. The number of hydrogen-bond acceptors (Lipinski definition) is 6. The van der Waals surface area contributed by atoms with E-state index >= 15 is 0 Å². The fraction of sp³-hybridized carbons (Fsp3) is 0.235. The quantitative estimate of drug-likeness (QED) is 0.547. The Balaban J connectivity index is 2.11. The first kappa shape index (κ1) is 20.2. The third-order valence-corrected chi connectivity index (χ3v) is 5.07. The van der Waals surface area contributed by atoms with Crippen LogP contribution in [0.2, 0.25) is 0 Å². The van der Waals surface area contributed by atoms with Crippen LogP contribution in [0, 0.1) is 11.3 Å². The number of nitrogens with zero attached hydrogens (tertiary/aromatic N) is 3. The second kappa shape index (κ2) is 8.48. The molecule has 9 nitrogen and oxygen atoms in total. The molecule has 1 aromatic heterocycles. The van der Waals surface area contributed by atoms with Crippen LogP contribution in [0.25, 0.3) is 0 Å². The smallest absolute Gasteiger partial charge is 0.355 e. The van der Waals surface area contributed by atoms with Gasteiger partial charge >= 0.3 is 5.97 Å². The lowest BCUT2D eigenvalue weighted by molar-refractivity contribution is -0.121. The highest BCUT2D eigenvalue weighted by molar-refractivity contribution is 7.89. The van der Waals surface area contributed by atoms with E-state index < -0.39 is 28.5 Å². The van der Waals surface area contributed by atoms with E-state index in [1.165, 1.54) is 29.8 Å². The normalized spacial score (nSPS) is 10.9. The largest absolute Gasteiger partial charge is 0.451 e. The minimum atomic E-state index is -3.71. The van der Waals surface area contributed by atoms with Gasteiger partial charge in [0.25, 0.3) is 5.91 Å². The molecule has 0 aliphatic heterocycles. The van der Waals surface area contributed by atoms with Crippen molar-refractivity contribution in [3.05, 3.63) is 48.3 Å². The van der Waals surface area contributed by atoms with Gasteiger partial charge in [0, 0.05) is 18.9 Å². The predicted molar refractivity (Wildman–Crippen MR) is 96.3 cm³/mol. The summed E-state index contributed by atoms with van der Waals surface area (Å²) in [6.45, 7) is -0.788. The van der Waals surface area contributed by atoms with Gasteiger partial charge in [-0.25, -0.2) is 17.9 Å². The number of nitrogens with one attached hydrogen (secondary N) is 1. The van der Waals surface area contributed by atoms with Crippen LogP contribution in [-0.4, -0.2) is 45.1 Å². The van der Waals surface area contributed by atoms with Gasteiger partial charge in [-0.3, -0.25) is 9.69 Å². The SMILES string of the molecule is CNS(=O)(=O)c1cc(C(=O)OCC(=O)N(CC#N)c2ccccc2)n(C)c1. The van der Waals surface area contributed by atoms with E-state index in [2.05, 4.69) is 4.72 Å². The molecule has 0 aliphatic carbocycles. The summed E-state index contributed by atoms with van der Waals surface area (Å²) in [5.74, 6) is -1.43. The Morgan fingerprint density at radius 3 is 2.56 bits per heavy atom. The number of nitriles is 1. The zero-order valence-corrected chi connectivity index (χ0v) is 15.6. The number of para-hydroxylation sites is 1. The third-order valence-electron chi connectivity index (χ3n) is 3.69. The molecule has 0 radical (unpaired) electrons. The van der Waals surface area contributed by atoms with E-state index in [-0.39, 0.29) is 17.1 Å². The average molecular weight is 390 g/mol. The molecular weight excluding hydrogens is 372 g/mol. The van der Waals surface area contributed by atoms with Gasteiger partial charge in [-0.2, -0.15) is 5.26 Å². The van der Waals surface area contributed by atoms with Gasteiger partial charge in [0.05, 0.1) is 6.07 Å². The molecule has 142 valence electrons. The van der Waals surface area contributed by atoms with Crippen LogP contribution in [0.5, 0.6) is 0 Å². The number of esters is 1. The topological polar surface area (TPSA) is 122 Å². The summed E-state index contributed by atoms with van der Waals surface area (Å²) in [7, 11) is -0.970. The predicted octanol–water partition coefficient (Wildman–Crippen LogP) is 0.647. The molecule has 1 N–H and O–H groups in total. The maximum absolute atomic E-state index is 12.4. The van der Waals surface area contributed by atoms with E-state index in [0.717, 1.165) is 6.07 Å². The molecular formula is C17H18N4O5S. The van der Waals surface area contributed by atoms with Gasteiger partial charge in [-0.1, -0.05) is 18.2 Å². The van der Waals surface area contributed by atoms with E-state index in [4.69, 9.17) is 10.00 Å². The lowest BCUT2D eigenvalue weighted by Gasteiger charge is -2.19. The molecule has 10 heteroatoms. The summed E-state index contributed by atoms with van der Waals surface area (Å²) in [5, 5.41) is 8.92. The standard InChI is InChI=1S/C17H18N4O5S/c1-19-27(24,25)14-10-15(20(2)11-14)17(23)26-12-16(22)21(9-8-18)13-6-4-3-5-7-13/h3-7,10-11,19H,9,12H2,1-2H3. The summed E-state index contributed by atoms with van der Waals surface area (Å²) in [6.07, 6.45) is 1.26. The van der Waals surface area contributed by atoms with Crippen molar-refractivity contribution in [1.82, 2.24) is 9.29 Å². The van der Waals surface area contributed by atoms with Gasteiger partial charge in [0.1, 0.15) is 17.1 Å². The van der Waals surface area contributed by atoms with Crippen molar-refractivity contribution in [3.8, 4) is 6.07 Å². The van der Waals surface area contributed by atoms with Crippen LogP contribution in [0.3, 0.4) is 0 Å². The highest BCUT2D eigenvalue weighted by Crippen LogP contribution is 2.15. The van der Waals surface area contributed by atoms with E-state index in [0.29, 0.717) is 5.69 Å². The number of carbonyl (C=O) groups is 2. The van der Waals surface area contributed by atoms with Crippen molar-refractivity contribution in [2.24, 2.45) is 7.05 Å². The maximum atomic E-state index is 12.4. The van der Waals surface area contributed by atoms with Crippen molar-refractivity contribution in [1.29, 1.82) is 5.26 Å². The van der Waals surface area contributed by atoms with Crippen molar-refractivity contribution in [3.63, 3.8) is 0 Å². The van der Waals surface area contributed by atoms with Gasteiger partial charge in [-0.05, 0) is 25.2 Å². The minimum Gasteiger partial charge on any atom is -0.451 e. The van der Waals surface area contributed by atoms with Gasteiger partial charge in [-0.15, -0.1) is 0 Å². The molecule has 0 unspecified atom stereocenters. The van der Waals surface area contributed by atoms with Gasteiger partial charge in [0.2, 0.25) is 10.0 Å². The van der Waals surface area contributed by atoms with Crippen LogP contribution in [0.15, 0.2) is 47.5 Å². The Labute approximate surface area is 156 Å². The van der Waals surface area contributed by atoms with Crippen LogP contribution in [0.1, 0.15) is 10.5 Å². The molecule has 27 heavy (non-hydrogen) atoms. The molecule has 1 amide bonds. The lowest BCUT2D eigenvalue weighted by atomic mass is 10.3. The van der Waals surface area contributed by atoms with Crippen molar-refractivity contribution in [2.45, 2.75) is 4.90 Å². The van der Waals surface area contributed by atoms with Crippen LogP contribution < -0.4 is 9.62 Å². The molecule has 0 spiro atoms. The highest BCUT2D eigenvalue weighted by atomic mass is 32.2. The van der Waals surface area contributed by atoms with Crippen molar-refractivity contribution in [2.75, 3.05) is 25.1 Å².